The van der Waals surface area contributed by atoms with Gasteiger partial charge >= 0.3 is 0 Å². The summed E-state index contributed by atoms with van der Waals surface area (Å²) >= 11 is 0. The van der Waals surface area contributed by atoms with Crippen molar-refractivity contribution >= 4 is 25.5 Å². The molecule has 1 aromatic carbocycles. The van der Waals surface area contributed by atoms with E-state index in [1.54, 1.807) is 0 Å². The van der Waals surface area contributed by atoms with Gasteiger partial charge in [0.15, 0.2) is 8.24 Å². The van der Waals surface area contributed by atoms with Crippen LogP contribution in [-0.4, -0.2) is 30.2 Å². The van der Waals surface area contributed by atoms with Crippen LogP contribution in [0.4, 0.5) is 0 Å². The van der Waals surface area contributed by atoms with Gasteiger partial charge in [0.2, 0.25) is 0 Å². The Balaban J connectivity index is 2.21. The summed E-state index contributed by atoms with van der Waals surface area (Å²) in [6.45, 7) is 7.37. The molecule has 0 unspecified atom stereocenters. The van der Waals surface area contributed by atoms with E-state index < -0.39 is 8.24 Å². The van der Waals surface area contributed by atoms with Gasteiger partial charge in [0.1, 0.15) is 11.6 Å². The molecule has 0 aromatic heterocycles. The lowest BCUT2D eigenvalue weighted by atomic mass is 9.96. The van der Waals surface area contributed by atoms with Crippen LogP contribution in [0.2, 0.25) is 19.6 Å². The summed E-state index contributed by atoms with van der Waals surface area (Å²) in [5.41, 5.74) is 1.91. The van der Waals surface area contributed by atoms with E-state index in [9.17, 15) is 9.59 Å². The smallest absolute Gasteiger partial charge is 0.169 e. The van der Waals surface area contributed by atoms with E-state index in [2.05, 4.69) is 41.5 Å². The highest BCUT2D eigenvalue weighted by Crippen LogP contribution is 2.18. The molecule has 1 aliphatic rings. The number of Topliss-reactive ketones (excluding diaryl/α,β-unsaturated/α-hetero) is 2. The standard InChI is InChI=1S/C16H22N2O2Si/c1-21(2,3)18(12-13-7-5-4-6-8-13)17-14-9-15(19)11-16(20)10-14/h4-8H,9-12H2,1-3H3. The maximum atomic E-state index is 11.6. The van der Waals surface area contributed by atoms with Crippen LogP contribution < -0.4 is 0 Å². The first kappa shape index (κ1) is 15.6. The van der Waals surface area contributed by atoms with E-state index in [1.165, 1.54) is 5.56 Å². The van der Waals surface area contributed by atoms with Gasteiger partial charge < -0.3 is 4.67 Å². The molecule has 1 saturated carbocycles. The predicted octanol–water partition coefficient (Wildman–Crippen LogP) is 3.00. The Morgan fingerprint density at radius 3 is 2.10 bits per heavy atom. The van der Waals surface area contributed by atoms with E-state index in [4.69, 9.17) is 0 Å². The second-order valence-electron chi connectivity index (χ2n) is 6.49. The zero-order valence-electron chi connectivity index (χ0n) is 12.9. The Morgan fingerprint density at radius 2 is 1.57 bits per heavy atom. The number of benzene rings is 1. The van der Waals surface area contributed by atoms with Gasteiger partial charge in [0.25, 0.3) is 0 Å². The average molecular weight is 302 g/mol. The average Bonchev–Trinajstić information content (AvgIpc) is 2.37. The largest absolute Gasteiger partial charge is 0.320 e. The van der Waals surface area contributed by atoms with Crippen molar-refractivity contribution in [3.63, 3.8) is 0 Å². The summed E-state index contributed by atoms with van der Waals surface area (Å²) in [5, 5.41) is 4.67. The molecular weight excluding hydrogens is 280 g/mol. The van der Waals surface area contributed by atoms with Crippen LogP contribution in [0, 0.1) is 0 Å². The van der Waals surface area contributed by atoms with Crippen molar-refractivity contribution in [2.45, 2.75) is 45.4 Å². The number of carbonyl (C=O) groups excluding carboxylic acids is 2. The molecule has 0 heterocycles. The molecule has 0 saturated heterocycles. The van der Waals surface area contributed by atoms with E-state index >= 15 is 0 Å². The Hall–Kier alpha value is -1.75. The highest BCUT2D eigenvalue weighted by atomic mass is 28.3. The molecule has 1 aliphatic carbocycles. The second-order valence-corrected chi connectivity index (χ2v) is 11.3. The fraction of sp³-hybridized carbons (Fsp3) is 0.438. The molecule has 0 aliphatic heterocycles. The van der Waals surface area contributed by atoms with Crippen LogP contribution in [0.25, 0.3) is 0 Å². The molecule has 1 fully saturated rings. The molecule has 0 N–H and O–H groups in total. The molecule has 4 nitrogen and oxygen atoms in total. The Bertz CT molecular complexity index is 543. The summed E-state index contributed by atoms with van der Waals surface area (Å²) < 4.78 is 2.10. The third-order valence-electron chi connectivity index (χ3n) is 3.41. The van der Waals surface area contributed by atoms with Gasteiger partial charge in [-0.2, -0.15) is 5.10 Å². The number of carbonyl (C=O) groups is 2. The molecule has 2 rings (SSSR count). The van der Waals surface area contributed by atoms with E-state index in [0.29, 0.717) is 12.8 Å². The quantitative estimate of drug-likeness (QED) is 0.488. The lowest BCUT2D eigenvalue weighted by Crippen LogP contribution is -2.43. The first-order chi connectivity index (χ1) is 9.84. The molecule has 5 heteroatoms. The number of hydrazone groups is 1. The number of nitrogens with zero attached hydrogens (tertiary/aromatic N) is 2. The summed E-state index contributed by atoms with van der Waals surface area (Å²) in [4.78, 5) is 23.1. The van der Waals surface area contributed by atoms with E-state index in [-0.39, 0.29) is 18.0 Å². The first-order valence-electron chi connectivity index (χ1n) is 7.26. The van der Waals surface area contributed by atoms with Crippen LogP contribution in [0.5, 0.6) is 0 Å². The van der Waals surface area contributed by atoms with Crippen molar-refractivity contribution in [1.29, 1.82) is 0 Å². The third kappa shape index (κ3) is 4.63. The topological polar surface area (TPSA) is 49.7 Å². The predicted molar refractivity (Wildman–Crippen MR) is 86.6 cm³/mol. The summed E-state index contributed by atoms with van der Waals surface area (Å²) in [6, 6.07) is 10.2. The van der Waals surface area contributed by atoms with Crippen LogP contribution >= 0.6 is 0 Å². The van der Waals surface area contributed by atoms with Crippen molar-refractivity contribution in [3.05, 3.63) is 35.9 Å². The molecule has 0 atom stereocenters. The molecule has 112 valence electrons. The lowest BCUT2D eigenvalue weighted by molar-refractivity contribution is -0.126. The minimum Gasteiger partial charge on any atom is -0.320 e. The molecule has 21 heavy (non-hydrogen) atoms. The Morgan fingerprint density at radius 1 is 1.00 bits per heavy atom. The maximum absolute atomic E-state index is 11.6. The van der Waals surface area contributed by atoms with Crippen LogP contribution in [0.3, 0.4) is 0 Å². The van der Waals surface area contributed by atoms with Crippen LogP contribution in [0.1, 0.15) is 24.8 Å². The molecule has 0 radical (unpaired) electrons. The normalized spacial score (nSPS) is 16.0. The van der Waals surface area contributed by atoms with Crippen LogP contribution in [0.15, 0.2) is 35.4 Å². The van der Waals surface area contributed by atoms with Gasteiger partial charge in [-0.1, -0.05) is 50.0 Å². The van der Waals surface area contributed by atoms with Crippen molar-refractivity contribution in [2.75, 3.05) is 0 Å². The minimum absolute atomic E-state index is 0.0137. The summed E-state index contributed by atoms with van der Waals surface area (Å²) in [6.07, 6.45) is 0.716. The Kier molecular flexibility index (Phi) is 4.72. The number of hydrogen-bond donors (Lipinski definition) is 0. The molecular formula is C16H22N2O2Si. The van der Waals surface area contributed by atoms with Crippen LogP contribution in [-0.2, 0) is 16.1 Å². The zero-order chi connectivity index (χ0) is 15.5. The van der Waals surface area contributed by atoms with Crippen molar-refractivity contribution < 1.29 is 9.59 Å². The molecule has 0 spiro atoms. The number of hydrogen-bond acceptors (Lipinski definition) is 4. The van der Waals surface area contributed by atoms with E-state index in [0.717, 1.165) is 12.3 Å². The third-order valence-corrected chi connectivity index (χ3v) is 5.22. The van der Waals surface area contributed by atoms with E-state index in [1.807, 2.05) is 18.2 Å². The Labute approximate surface area is 126 Å². The van der Waals surface area contributed by atoms with Crippen molar-refractivity contribution in [3.8, 4) is 0 Å². The first-order valence-corrected chi connectivity index (χ1v) is 10.7. The van der Waals surface area contributed by atoms with Gasteiger partial charge in [-0.05, 0) is 5.56 Å². The van der Waals surface area contributed by atoms with Gasteiger partial charge in [-0.15, -0.1) is 0 Å². The summed E-state index contributed by atoms with van der Waals surface area (Å²) in [7, 11) is -1.67. The van der Waals surface area contributed by atoms with Gasteiger partial charge in [0.05, 0.1) is 18.7 Å². The van der Waals surface area contributed by atoms with Gasteiger partial charge in [-0.25, -0.2) is 0 Å². The fourth-order valence-corrected chi connectivity index (χ4v) is 3.38. The molecule has 1 aromatic rings. The second kappa shape index (κ2) is 6.35. The lowest BCUT2D eigenvalue weighted by Gasteiger charge is -2.33. The SMILES string of the molecule is C[Si](C)(C)N(Cc1ccccc1)N=C1CC(=O)CC(=O)C1. The summed E-state index contributed by atoms with van der Waals surface area (Å²) in [5.74, 6) is -0.0273. The highest BCUT2D eigenvalue weighted by molar-refractivity contribution is 6.73. The minimum atomic E-state index is -1.67. The van der Waals surface area contributed by atoms with Crippen molar-refractivity contribution in [2.24, 2.45) is 5.10 Å². The highest BCUT2D eigenvalue weighted by Gasteiger charge is 2.27. The monoisotopic (exact) mass is 302 g/mol. The zero-order valence-corrected chi connectivity index (χ0v) is 13.9. The maximum Gasteiger partial charge on any atom is 0.169 e. The van der Waals surface area contributed by atoms with Gasteiger partial charge in [0, 0.05) is 12.8 Å². The number of rotatable bonds is 4. The molecule has 0 bridgehead atoms. The fourth-order valence-electron chi connectivity index (χ4n) is 2.28. The van der Waals surface area contributed by atoms with Crippen molar-refractivity contribution in [1.82, 2.24) is 4.67 Å². The molecule has 0 amide bonds. The number of ketones is 2. The van der Waals surface area contributed by atoms with Gasteiger partial charge in [-0.3, -0.25) is 9.59 Å².